The van der Waals surface area contributed by atoms with Crippen LogP contribution in [0.4, 0.5) is 0 Å². The summed E-state index contributed by atoms with van der Waals surface area (Å²) < 4.78 is 0. The summed E-state index contributed by atoms with van der Waals surface area (Å²) in [4.78, 5) is 21.4. The molecule has 0 aliphatic carbocycles. The third kappa shape index (κ3) is 1.64. The monoisotopic (exact) mass is 188 g/mol. The Balaban J connectivity index is 3.51. The first-order valence-corrected chi connectivity index (χ1v) is 3.90. The van der Waals surface area contributed by atoms with Gasteiger partial charge in [0.1, 0.15) is 6.29 Å². The molecule has 1 aromatic rings. The summed E-state index contributed by atoms with van der Waals surface area (Å²) in [6.45, 7) is 1.58. The van der Waals surface area contributed by atoms with Crippen LogP contribution in [0.1, 0.15) is 31.8 Å². The van der Waals surface area contributed by atoms with Crippen molar-refractivity contribution in [3.05, 3.63) is 34.4 Å². The van der Waals surface area contributed by atoms with Gasteiger partial charge in [0.25, 0.3) is 0 Å². The third-order valence-electron chi connectivity index (χ3n) is 1.97. The maximum Gasteiger partial charge on any atom is 0.336 e. The van der Waals surface area contributed by atoms with Gasteiger partial charge in [-0.25, -0.2) is 4.79 Å². The van der Waals surface area contributed by atoms with Crippen molar-refractivity contribution in [3.63, 3.8) is 0 Å². The molecule has 1 N–H and O–H groups in total. The number of hydrogen-bond donors (Lipinski definition) is 1. The molecule has 1 rings (SSSR count). The molecule has 0 bridgehead atoms. The van der Waals surface area contributed by atoms with Crippen LogP contribution in [0.5, 0.6) is 0 Å². The third-order valence-corrected chi connectivity index (χ3v) is 1.97. The van der Waals surface area contributed by atoms with Crippen molar-refractivity contribution in [3.8, 4) is 12.3 Å². The molecule has 0 spiro atoms. The molecule has 14 heavy (non-hydrogen) atoms. The minimum absolute atomic E-state index is 0.0718. The number of rotatable bonds is 2. The number of aromatic carboxylic acids is 1. The van der Waals surface area contributed by atoms with Crippen molar-refractivity contribution in [1.29, 1.82) is 0 Å². The van der Waals surface area contributed by atoms with Crippen LogP contribution >= 0.6 is 0 Å². The molecule has 0 amide bonds. The van der Waals surface area contributed by atoms with Gasteiger partial charge in [0, 0.05) is 11.1 Å². The lowest BCUT2D eigenvalue weighted by Gasteiger charge is -2.04. The average Bonchev–Trinajstić information content (AvgIpc) is 2.17. The molecule has 0 unspecified atom stereocenters. The average molecular weight is 188 g/mol. The van der Waals surface area contributed by atoms with Crippen molar-refractivity contribution < 1.29 is 14.7 Å². The van der Waals surface area contributed by atoms with E-state index in [2.05, 4.69) is 5.92 Å². The number of carboxylic acids is 1. The Kier molecular flexibility index (Phi) is 2.68. The minimum atomic E-state index is -1.08. The molecule has 3 heteroatoms. The van der Waals surface area contributed by atoms with Crippen molar-refractivity contribution in [2.24, 2.45) is 0 Å². The van der Waals surface area contributed by atoms with Crippen molar-refractivity contribution in [2.75, 3.05) is 0 Å². The molecule has 0 aromatic heterocycles. The van der Waals surface area contributed by atoms with Gasteiger partial charge in [-0.15, -0.1) is 6.42 Å². The highest BCUT2D eigenvalue weighted by Crippen LogP contribution is 2.15. The van der Waals surface area contributed by atoms with Gasteiger partial charge in [0.05, 0.1) is 5.56 Å². The van der Waals surface area contributed by atoms with Gasteiger partial charge >= 0.3 is 5.97 Å². The molecular weight excluding hydrogens is 180 g/mol. The first kappa shape index (κ1) is 10.0. The standard InChI is InChI=1S/C11H8O3/c1-3-8-4-9(6-12)7(2)10(5-8)11(13)14/h1,4-6H,2H3,(H,13,14). The Bertz CT molecular complexity index is 439. The van der Waals surface area contributed by atoms with Gasteiger partial charge < -0.3 is 5.11 Å². The predicted octanol–water partition coefficient (Wildman–Crippen LogP) is 1.49. The lowest BCUT2D eigenvalue weighted by molar-refractivity contribution is 0.0696. The zero-order chi connectivity index (χ0) is 10.7. The van der Waals surface area contributed by atoms with E-state index >= 15 is 0 Å². The Hall–Kier alpha value is -2.08. The van der Waals surface area contributed by atoms with E-state index in [1.165, 1.54) is 12.1 Å². The Labute approximate surface area is 81.4 Å². The fraction of sp³-hybridized carbons (Fsp3) is 0.0909. The summed E-state index contributed by atoms with van der Waals surface area (Å²) in [5.74, 6) is 1.22. The summed E-state index contributed by atoms with van der Waals surface area (Å²) in [5.41, 5.74) is 1.22. The highest BCUT2D eigenvalue weighted by molar-refractivity contribution is 5.93. The summed E-state index contributed by atoms with van der Waals surface area (Å²) in [5, 5.41) is 8.82. The quantitative estimate of drug-likeness (QED) is 0.565. The SMILES string of the molecule is C#Cc1cc(C=O)c(C)c(C(=O)O)c1. The highest BCUT2D eigenvalue weighted by Gasteiger charge is 2.11. The minimum Gasteiger partial charge on any atom is -0.478 e. The zero-order valence-electron chi connectivity index (χ0n) is 7.57. The van der Waals surface area contributed by atoms with Crippen LogP contribution in [0.3, 0.4) is 0 Å². The molecule has 0 heterocycles. The van der Waals surface area contributed by atoms with Crippen LogP contribution < -0.4 is 0 Å². The van der Waals surface area contributed by atoms with Crippen molar-refractivity contribution in [1.82, 2.24) is 0 Å². The number of benzene rings is 1. The molecule has 0 aliphatic heterocycles. The Morgan fingerprint density at radius 1 is 1.57 bits per heavy atom. The number of aldehydes is 1. The smallest absolute Gasteiger partial charge is 0.336 e. The highest BCUT2D eigenvalue weighted by atomic mass is 16.4. The Morgan fingerprint density at radius 3 is 2.64 bits per heavy atom. The second-order valence-electron chi connectivity index (χ2n) is 2.81. The second-order valence-corrected chi connectivity index (χ2v) is 2.81. The van der Waals surface area contributed by atoms with Gasteiger partial charge in [0.15, 0.2) is 0 Å². The molecule has 3 nitrogen and oxygen atoms in total. The summed E-state index contributed by atoms with van der Waals surface area (Å²) in [7, 11) is 0. The lowest BCUT2D eigenvalue weighted by atomic mass is 10.00. The molecule has 0 saturated heterocycles. The van der Waals surface area contributed by atoms with Crippen LogP contribution in [0, 0.1) is 19.3 Å². The number of terminal acetylenes is 1. The first-order chi connectivity index (χ1) is 6.60. The molecule has 0 saturated carbocycles. The number of carbonyl (C=O) groups is 2. The van der Waals surface area contributed by atoms with E-state index in [9.17, 15) is 9.59 Å². The summed E-state index contributed by atoms with van der Waals surface area (Å²) >= 11 is 0. The van der Waals surface area contributed by atoms with E-state index in [1.807, 2.05) is 0 Å². The number of hydrogen-bond acceptors (Lipinski definition) is 2. The molecule has 1 aromatic carbocycles. The topological polar surface area (TPSA) is 54.4 Å². The van der Waals surface area contributed by atoms with E-state index in [1.54, 1.807) is 6.92 Å². The predicted molar refractivity (Wildman–Crippen MR) is 51.5 cm³/mol. The summed E-state index contributed by atoms with van der Waals surface area (Å²) in [6.07, 6.45) is 5.73. The van der Waals surface area contributed by atoms with Gasteiger partial charge in [-0.1, -0.05) is 5.92 Å². The van der Waals surface area contributed by atoms with E-state index in [4.69, 9.17) is 11.5 Å². The maximum absolute atomic E-state index is 10.8. The van der Waals surface area contributed by atoms with Crippen LogP contribution in [-0.2, 0) is 0 Å². The second kappa shape index (κ2) is 3.75. The van der Waals surface area contributed by atoms with Crippen LogP contribution in [0.25, 0.3) is 0 Å². The number of carboxylic acid groups (broad SMARTS) is 1. The zero-order valence-corrected chi connectivity index (χ0v) is 7.57. The molecule has 0 atom stereocenters. The molecule has 0 fully saturated rings. The van der Waals surface area contributed by atoms with Gasteiger partial charge in [-0.3, -0.25) is 4.79 Å². The van der Waals surface area contributed by atoms with Crippen LogP contribution in [0.15, 0.2) is 12.1 Å². The lowest BCUT2D eigenvalue weighted by Crippen LogP contribution is -2.03. The normalized spacial score (nSPS) is 9.14. The molecule has 0 aliphatic rings. The van der Waals surface area contributed by atoms with Crippen LogP contribution in [0.2, 0.25) is 0 Å². The fourth-order valence-corrected chi connectivity index (χ4v) is 1.16. The van der Waals surface area contributed by atoms with Crippen LogP contribution in [-0.4, -0.2) is 17.4 Å². The first-order valence-electron chi connectivity index (χ1n) is 3.90. The van der Waals surface area contributed by atoms with E-state index in [0.717, 1.165) is 0 Å². The number of carbonyl (C=O) groups excluding carboxylic acids is 1. The van der Waals surface area contributed by atoms with Gasteiger partial charge in [-0.05, 0) is 24.6 Å². The van der Waals surface area contributed by atoms with E-state index < -0.39 is 5.97 Å². The van der Waals surface area contributed by atoms with Gasteiger partial charge in [-0.2, -0.15) is 0 Å². The molecule has 70 valence electrons. The van der Waals surface area contributed by atoms with Crippen molar-refractivity contribution in [2.45, 2.75) is 6.92 Å². The summed E-state index contributed by atoms with van der Waals surface area (Å²) in [6, 6.07) is 2.87. The molecule has 0 radical (unpaired) electrons. The van der Waals surface area contributed by atoms with Crippen molar-refractivity contribution >= 4 is 12.3 Å². The fourth-order valence-electron chi connectivity index (χ4n) is 1.16. The largest absolute Gasteiger partial charge is 0.478 e. The Morgan fingerprint density at radius 2 is 2.21 bits per heavy atom. The van der Waals surface area contributed by atoms with E-state index in [-0.39, 0.29) is 5.56 Å². The maximum atomic E-state index is 10.8. The van der Waals surface area contributed by atoms with Gasteiger partial charge in [0.2, 0.25) is 0 Å². The van der Waals surface area contributed by atoms with E-state index in [0.29, 0.717) is 23.0 Å². The molecular formula is C11H8O3.